The number of hydrogen-bond donors (Lipinski definition) is 0. The molecule has 5 nitrogen and oxygen atoms in total. The highest BCUT2D eigenvalue weighted by atomic mass is 16.7. The average molecular weight is 224 g/mol. The van der Waals surface area contributed by atoms with E-state index in [4.69, 9.17) is 14.0 Å². The van der Waals surface area contributed by atoms with E-state index in [9.17, 15) is 0 Å². The van der Waals surface area contributed by atoms with Crippen LogP contribution in [0.2, 0.25) is 0 Å². The summed E-state index contributed by atoms with van der Waals surface area (Å²) < 4.78 is 16.9. The zero-order valence-corrected chi connectivity index (χ0v) is 9.44. The predicted molar refractivity (Wildman–Crippen MR) is 54.9 cm³/mol. The quantitative estimate of drug-likeness (QED) is 0.727. The minimum atomic E-state index is -0.489. The second kappa shape index (κ2) is 3.82. The molecule has 1 aliphatic heterocycles. The fourth-order valence-electron chi connectivity index (χ4n) is 2.70. The lowest BCUT2D eigenvalue weighted by Gasteiger charge is -2.37. The Morgan fingerprint density at radius 2 is 2.06 bits per heavy atom. The number of rotatable bonds is 1. The van der Waals surface area contributed by atoms with E-state index in [1.165, 1.54) is 6.42 Å². The highest BCUT2D eigenvalue weighted by Gasteiger charge is 2.49. The average Bonchev–Trinajstić information content (AvgIpc) is 2.90. The molecule has 88 valence electrons. The van der Waals surface area contributed by atoms with Gasteiger partial charge >= 0.3 is 0 Å². The van der Waals surface area contributed by atoms with Gasteiger partial charge in [-0.1, -0.05) is 11.6 Å². The number of aromatic nitrogens is 2. The van der Waals surface area contributed by atoms with E-state index in [2.05, 4.69) is 10.1 Å². The van der Waals surface area contributed by atoms with E-state index in [0.717, 1.165) is 19.3 Å². The molecular formula is C11H16N2O3. The SMILES string of the molecule is Cc1noc(C2CCCCC23OCCO3)n1. The first-order chi connectivity index (χ1) is 7.80. The highest BCUT2D eigenvalue weighted by molar-refractivity contribution is 5.04. The van der Waals surface area contributed by atoms with Gasteiger partial charge in [-0.3, -0.25) is 0 Å². The van der Waals surface area contributed by atoms with Crippen LogP contribution in [0.1, 0.15) is 43.3 Å². The van der Waals surface area contributed by atoms with Gasteiger partial charge in [0, 0.05) is 6.42 Å². The van der Waals surface area contributed by atoms with Crippen molar-refractivity contribution in [2.24, 2.45) is 0 Å². The van der Waals surface area contributed by atoms with Crippen LogP contribution >= 0.6 is 0 Å². The molecule has 3 rings (SSSR count). The van der Waals surface area contributed by atoms with Gasteiger partial charge in [-0.25, -0.2) is 0 Å². The fraction of sp³-hybridized carbons (Fsp3) is 0.818. The zero-order valence-electron chi connectivity index (χ0n) is 9.44. The van der Waals surface area contributed by atoms with Gasteiger partial charge in [0.1, 0.15) is 0 Å². The maximum absolute atomic E-state index is 5.81. The molecule has 2 aliphatic rings. The van der Waals surface area contributed by atoms with Crippen molar-refractivity contribution >= 4 is 0 Å². The third-order valence-electron chi connectivity index (χ3n) is 3.42. The predicted octanol–water partition coefficient (Wildman–Crippen LogP) is 1.78. The smallest absolute Gasteiger partial charge is 0.235 e. The van der Waals surface area contributed by atoms with Crippen LogP contribution in [0.5, 0.6) is 0 Å². The van der Waals surface area contributed by atoms with Gasteiger partial charge in [0.05, 0.1) is 19.1 Å². The molecule has 0 bridgehead atoms. The molecule has 0 amide bonds. The van der Waals surface area contributed by atoms with Gasteiger partial charge in [-0.2, -0.15) is 4.98 Å². The Balaban J connectivity index is 1.91. The first-order valence-corrected chi connectivity index (χ1v) is 5.88. The summed E-state index contributed by atoms with van der Waals surface area (Å²) >= 11 is 0. The third kappa shape index (κ3) is 1.55. The zero-order chi connectivity index (χ0) is 11.0. The van der Waals surface area contributed by atoms with Crippen molar-refractivity contribution in [3.63, 3.8) is 0 Å². The maximum Gasteiger partial charge on any atom is 0.235 e. The highest BCUT2D eigenvalue weighted by Crippen LogP contribution is 2.45. The molecule has 0 aromatic carbocycles. The Kier molecular flexibility index (Phi) is 2.44. The van der Waals surface area contributed by atoms with Gasteiger partial charge in [0.15, 0.2) is 11.6 Å². The lowest BCUT2D eigenvalue weighted by Crippen LogP contribution is -2.40. The molecule has 0 radical (unpaired) electrons. The summed E-state index contributed by atoms with van der Waals surface area (Å²) in [5, 5.41) is 3.85. The summed E-state index contributed by atoms with van der Waals surface area (Å²) in [5.41, 5.74) is 0. The molecule has 0 N–H and O–H groups in total. The summed E-state index contributed by atoms with van der Waals surface area (Å²) in [6, 6.07) is 0. The van der Waals surface area contributed by atoms with Crippen molar-refractivity contribution in [2.75, 3.05) is 13.2 Å². The Bertz CT molecular complexity index is 371. The lowest BCUT2D eigenvalue weighted by molar-refractivity contribution is -0.195. The van der Waals surface area contributed by atoms with Crippen LogP contribution in [0, 0.1) is 6.92 Å². The van der Waals surface area contributed by atoms with E-state index >= 15 is 0 Å². The molecule has 5 heteroatoms. The Hall–Kier alpha value is -0.940. The first-order valence-electron chi connectivity index (χ1n) is 5.88. The maximum atomic E-state index is 5.81. The van der Waals surface area contributed by atoms with Gasteiger partial charge in [0.25, 0.3) is 0 Å². The molecule has 1 spiro atoms. The summed E-state index contributed by atoms with van der Waals surface area (Å²) in [5.74, 6) is 0.954. The van der Waals surface area contributed by atoms with E-state index < -0.39 is 5.79 Å². The molecule has 1 atom stereocenters. The topological polar surface area (TPSA) is 57.4 Å². The molecule has 1 unspecified atom stereocenters. The normalized spacial score (nSPS) is 28.7. The summed E-state index contributed by atoms with van der Waals surface area (Å²) in [4.78, 5) is 4.32. The van der Waals surface area contributed by atoms with Crippen LogP contribution in [-0.2, 0) is 9.47 Å². The molecule has 1 aromatic rings. The van der Waals surface area contributed by atoms with Crippen molar-refractivity contribution in [3.8, 4) is 0 Å². The van der Waals surface area contributed by atoms with Crippen LogP contribution in [0.3, 0.4) is 0 Å². The third-order valence-corrected chi connectivity index (χ3v) is 3.42. The van der Waals surface area contributed by atoms with Gasteiger partial charge < -0.3 is 14.0 Å². The van der Waals surface area contributed by atoms with Crippen molar-refractivity contribution in [1.29, 1.82) is 0 Å². The van der Waals surface area contributed by atoms with Gasteiger partial charge in [-0.15, -0.1) is 0 Å². The fourth-order valence-corrected chi connectivity index (χ4v) is 2.70. The summed E-state index contributed by atoms with van der Waals surface area (Å²) in [6.07, 6.45) is 4.24. The van der Waals surface area contributed by atoms with Crippen molar-refractivity contribution < 1.29 is 14.0 Å². The largest absolute Gasteiger partial charge is 0.347 e. The molecule has 1 saturated carbocycles. The lowest BCUT2D eigenvalue weighted by atomic mass is 9.83. The minimum Gasteiger partial charge on any atom is -0.347 e. The molecule has 1 aliphatic carbocycles. The molecule has 1 saturated heterocycles. The van der Waals surface area contributed by atoms with Crippen LogP contribution in [-0.4, -0.2) is 29.1 Å². The van der Waals surface area contributed by atoms with Crippen LogP contribution < -0.4 is 0 Å². The standard InChI is InChI=1S/C11H16N2O3/c1-8-12-10(16-13-8)9-4-2-3-5-11(9)14-6-7-15-11/h9H,2-7H2,1H3. The Morgan fingerprint density at radius 3 is 2.75 bits per heavy atom. The van der Waals surface area contributed by atoms with Crippen LogP contribution in [0.15, 0.2) is 4.52 Å². The number of hydrogen-bond acceptors (Lipinski definition) is 5. The van der Waals surface area contributed by atoms with E-state index in [0.29, 0.717) is 24.9 Å². The number of aryl methyl sites for hydroxylation is 1. The first kappa shape index (κ1) is 10.2. The molecule has 16 heavy (non-hydrogen) atoms. The second-order valence-corrected chi connectivity index (χ2v) is 4.49. The monoisotopic (exact) mass is 224 g/mol. The van der Waals surface area contributed by atoms with Crippen LogP contribution in [0.25, 0.3) is 0 Å². The summed E-state index contributed by atoms with van der Waals surface area (Å²) in [6.45, 7) is 3.17. The van der Waals surface area contributed by atoms with Gasteiger partial charge in [0.2, 0.25) is 5.89 Å². The second-order valence-electron chi connectivity index (χ2n) is 4.49. The molecule has 1 aromatic heterocycles. The van der Waals surface area contributed by atoms with E-state index in [1.54, 1.807) is 0 Å². The van der Waals surface area contributed by atoms with Crippen LogP contribution in [0.4, 0.5) is 0 Å². The van der Waals surface area contributed by atoms with Gasteiger partial charge in [-0.05, 0) is 19.8 Å². The van der Waals surface area contributed by atoms with E-state index in [-0.39, 0.29) is 5.92 Å². The number of ether oxygens (including phenoxy) is 2. The van der Waals surface area contributed by atoms with Crippen molar-refractivity contribution in [2.45, 2.75) is 44.3 Å². The van der Waals surface area contributed by atoms with E-state index in [1.807, 2.05) is 6.92 Å². The van der Waals surface area contributed by atoms with Crippen molar-refractivity contribution in [3.05, 3.63) is 11.7 Å². The Morgan fingerprint density at radius 1 is 1.25 bits per heavy atom. The number of nitrogens with zero attached hydrogens (tertiary/aromatic N) is 2. The molecule has 2 fully saturated rings. The van der Waals surface area contributed by atoms with Crippen molar-refractivity contribution in [1.82, 2.24) is 10.1 Å². The summed E-state index contributed by atoms with van der Waals surface area (Å²) in [7, 11) is 0. The minimum absolute atomic E-state index is 0.102. The Labute approximate surface area is 94.1 Å². The molecule has 2 heterocycles. The molecular weight excluding hydrogens is 208 g/mol.